The molecule has 0 spiro atoms. The van der Waals surface area contributed by atoms with Crippen molar-refractivity contribution in [1.82, 2.24) is 19.9 Å². The third-order valence-corrected chi connectivity index (χ3v) is 2.60. The van der Waals surface area contributed by atoms with Gasteiger partial charge in [0.2, 0.25) is 0 Å². The molecule has 0 aromatic carbocycles. The van der Waals surface area contributed by atoms with Crippen LogP contribution in [-0.4, -0.2) is 21.1 Å². The van der Waals surface area contributed by atoms with Gasteiger partial charge in [0.15, 0.2) is 0 Å². The van der Waals surface area contributed by atoms with Crippen molar-refractivity contribution in [1.29, 1.82) is 0 Å². The highest BCUT2D eigenvalue weighted by Gasteiger charge is 2.16. The molecule has 5 heteroatoms. The Bertz CT molecular complexity index is 539. The Balaban J connectivity index is 2.45. The predicted molar refractivity (Wildman–Crippen MR) is 51.2 cm³/mol. The Labute approximate surface area is 79.8 Å². The molecule has 2 aromatic heterocycles. The van der Waals surface area contributed by atoms with Crippen molar-refractivity contribution in [3.63, 3.8) is 0 Å². The van der Waals surface area contributed by atoms with E-state index in [4.69, 9.17) is 0 Å². The van der Waals surface area contributed by atoms with Gasteiger partial charge in [0.05, 0.1) is 17.5 Å². The zero-order chi connectivity index (χ0) is 9.54. The molecule has 0 atom stereocenters. The molecule has 14 heavy (non-hydrogen) atoms. The zero-order valence-corrected chi connectivity index (χ0v) is 7.58. The maximum absolute atomic E-state index is 11.6. The van der Waals surface area contributed by atoms with Crippen molar-refractivity contribution in [2.45, 2.75) is 13.0 Å². The van der Waals surface area contributed by atoms with Crippen molar-refractivity contribution in [3.05, 3.63) is 33.9 Å². The van der Waals surface area contributed by atoms with Crippen molar-refractivity contribution in [3.8, 4) is 0 Å². The van der Waals surface area contributed by atoms with Crippen LogP contribution in [-0.2, 0) is 13.0 Å². The van der Waals surface area contributed by atoms with E-state index in [1.807, 2.05) is 10.6 Å². The average Bonchev–Trinajstić information content (AvgIpc) is 2.66. The molecule has 3 rings (SSSR count). The molecule has 1 aliphatic rings. The molecule has 2 aromatic rings. The average molecular weight is 190 g/mol. The third-order valence-electron chi connectivity index (χ3n) is 2.60. The lowest BCUT2D eigenvalue weighted by Crippen LogP contribution is -2.32. The number of rotatable bonds is 0. The van der Waals surface area contributed by atoms with Gasteiger partial charge in [-0.05, 0) is 0 Å². The SMILES string of the molecule is O=c1[nH]c2ccnn2c2c1CNCC2. The Morgan fingerprint density at radius 2 is 2.43 bits per heavy atom. The molecule has 5 nitrogen and oxygen atoms in total. The van der Waals surface area contributed by atoms with E-state index >= 15 is 0 Å². The molecule has 0 bridgehead atoms. The van der Waals surface area contributed by atoms with Crippen LogP contribution < -0.4 is 10.9 Å². The molecular weight excluding hydrogens is 180 g/mol. The number of aromatic nitrogens is 3. The van der Waals surface area contributed by atoms with Gasteiger partial charge < -0.3 is 10.3 Å². The van der Waals surface area contributed by atoms with Crippen molar-refractivity contribution < 1.29 is 0 Å². The van der Waals surface area contributed by atoms with Crippen LogP contribution in [0.1, 0.15) is 11.3 Å². The molecule has 3 heterocycles. The summed E-state index contributed by atoms with van der Waals surface area (Å²) in [5, 5.41) is 7.37. The summed E-state index contributed by atoms with van der Waals surface area (Å²) < 4.78 is 1.82. The monoisotopic (exact) mass is 190 g/mol. The highest BCUT2D eigenvalue weighted by atomic mass is 16.1. The van der Waals surface area contributed by atoms with Gasteiger partial charge in [0.1, 0.15) is 5.65 Å². The van der Waals surface area contributed by atoms with E-state index in [1.54, 1.807) is 6.20 Å². The largest absolute Gasteiger partial charge is 0.312 e. The first-order valence-electron chi connectivity index (χ1n) is 4.65. The quantitative estimate of drug-likeness (QED) is 0.598. The number of hydrogen-bond acceptors (Lipinski definition) is 3. The smallest absolute Gasteiger partial charge is 0.255 e. The van der Waals surface area contributed by atoms with Crippen molar-refractivity contribution in [2.75, 3.05) is 6.54 Å². The van der Waals surface area contributed by atoms with Gasteiger partial charge in [-0.2, -0.15) is 5.10 Å². The fourth-order valence-electron chi connectivity index (χ4n) is 1.92. The van der Waals surface area contributed by atoms with Gasteiger partial charge in [0.25, 0.3) is 5.56 Å². The number of nitrogens with one attached hydrogen (secondary N) is 2. The molecule has 0 aliphatic carbocycles. The number of nitrogens with zero attached hydrogens (tertiary/aromatic N) is 2. The molecule has 0 unspecified atom stereocenters. The Morgan fingerprint density at radius 3 is 3.36 bits per heavy atom. The fourth-order valence-corrected chi connectivity index (χ4v) is 1.92. The highest BCUT2D eigenvalue weighted by Crippen LogP contribution is 2.09. The van der Waals surface area contributed by atoms with E-state index in [2.05, 4.69) is 15.4 Å². The maximum Gasteiger partial charge on any atom is 0.255 e. The van der Waals surface area contributed by atoms with E-state index < -0.39 is 0 Å². The molecule has 0 radical (unpaired) electrons. The van der Waals surface area contributed by atoms with Crippen molar-refractivity contribution in [2.24, 2.45) is 0 Å². The van der Waals surface area contributed by atoms with E-state index in [0.717, 1.165) is 29.9 Å². The predicted octanol–water partition coefficient (Wildman–Crippen LogP) is -0.332. The van der Waals surface area contributed by atoms with E-state index in [-0.39, 0.29) is 5.56 Å². The number of H-pyrrole nitrogens is 1. The molecule has 72 valence electrons. The fraction of sp³-hybridized carbons (Fsp3) is 0.333. The zero-order valence-electron chi connectivity index (χ0n) is 7.58. The van der Waals surface area contributed by atoms with E-state index in [0.29, 0.717) is 6.54 Å². The van der Waals surface area contributed by atoms with Crippen LogP contribution in [0.25, 0.3) is 5.65 Å². The standard InChI is InChI=1S/C9H10N4O/c14-9-6-5-10-3-1-7(6)13-8(12-9)2-4-11-13/h2,4,10H,1,3,5H2,(H,12,14). The second kappa shape index (κ2) is 2.68. The third kappa shape index (κ3) is 0.927. The molecule has 1 aliphatic heterocycles. The van der Waals surface area contributed by atoms with Crippen LogP contribution in [0.15, 0.2) is 17.1 Å². The van der Waals surface area contributed by atoms with Crippen LogP contribution in [0.5, 0.6) is 0 Å². The summed E-state index contributed by atoms with van der Waals surface area (Å²) in [5.74, 6) is 0. The second-order valence-corrected chi connectivity index (χ2v) is 3.43. The van der Waals surface area contributed by atoms with E-state index in [1.165, 1.54) is 0 Å². The lowest BCUT2D eigenvalue weighted by Gasteiger charge is -2.16. The van der Waals surface area contributed by atoms with Gasteiger partial charge in [-0.25, -0.2) is 4.52 Å². The molecule has 2 N–H and O–H groups in total. The number of aromatic amines is 1. The summed E-state index contributed by atoms with van der Waals surface area (Å²) in [6.45, 7) is 1.55. The minimum absolute atomic E-state index is 0.000185. The Morgan fingerprint density at radius 1 is 1.50 bits per heavy atom. The lowest BCUT2D eigenvalue weighted by atomic mass is 10.1. The number of hydrogen-bond donors (Lipinski definition) is 2. The summed E-state index contributed by atoms with van der Waals surface area (Å²) in [5.41, 5.74) is 2.62. The molecular formula is C9H10N4O. The Hall–Kier alpha value is -1.62. The minimum atomic E-state index is 0.000185. The van der Waals surface area contributed by atoms with Gasteiger partial charge in [-0.15, -0.1) is 0 Å². The van der Waals surface area contributed by atoms with Gasteiger partial charge in [-0.1, -0.05) is 0 Å². The first-order chi connectivity index (χ1) is 6.86. The summed E-state index contributed by atoms with van der Waals surface area (Å²) in [7, 11) is 0. The van der Waals surface area contributed by atoms with Crippen molar-refractivity contribution >= 4 is 5.65 Å². The van der Waals surface area contributed by atoms with Crippen LogP contribution in [0, 0.1) is 0 Å². The van der Waals surface area contributed by atoms with Crippen LogP contribution in [0.3, 0.4) is 0 Å². The van der Waals surface area contributed by atoms with Gasteiger partial charge in [0, 0.05) is 25.6 Å². The van der Waals surface area contributed by atoms with E-state index in [9.17, 15) is 4.79 Å². The minimum Gasteiger partial charge on any atom is -0.312 e. The number of fused-ring (bicyclic) bond motifs is 3. The normalized spacial score (nSPS) is 15.7. The maximum atomic E-state index is 11.6. The van der Waals surface area contributed by atoms with Crippen LogP contribution >= 0.6 is 0 Å². The first kappa shape index (κ1) is 7.75. The summed E-state index contributed by atoms with van der Waals surface area (Å²) >= 11 is 0. The molecule has 0 saturated carbocycles. The highest BCUT2D eigenvalue weighted by molar-refractivity contribution is 5.40. The summed E-state index contributed by atoms with van der Waals surface area (Å²) in [6.07, 6.45) is 2.56. The molecule has 0 fully saturated rings. The topological polar surface area (TPSA) is 62.2 Å². The first-order valence-corrected chi connectivity index (χ1v) is 4.65. The van der Waals surface area contributed by atoms with Gasteiger partial charge >= 0.3 is 0 Å². The second-order valence-electron chi connectivity index (χ2n) is 3.43. The van der Waals surface area contributed by atoms with Gasteiger partial charge in [-0.3, -0.25) is 4.79 Å². The molecule has 0 amide bonds. The summed E-state index contributed by atoms with van der Waals surface area (Å²) in [6, 6.07) is 1.81. The lowest BCUT2D eigenvalue weighted by molar-refractivity contribution is 0.605. The van der Waals surface area contributed by atoms with Crippen LogP contribution in [0.4, 0.5) is 0 Å². The summed E-state index contributed by atoms with van der Waals surface area (Å²) in [4.78, 5) is 14.4. The molecule has 0 saturated heterocycles. The van der Waals surface area contributed by atoms with Crippen LogP contribution in [0.2, 0.25) is 0 Å². The Kier molecular flexibility index (Phi) is 1.49.